The van der Waals surface area contributed by atoms with Crippen molar-refractivity contribution in [3.8, 4) is 0 Å². The van der Waals surface area contributed by atoms with Crippen molar-refractivity contribution in [3.05, 3.63) is 75.0 Å². The molecule has 0 bridgehead atoms. The summed E-state index contributed by atoms with van der Waals surface area (Å²) in [5.74, 6) is -0.330. The van der Waals surface area contributed by atoms with E-state index in [2.05, 4.69) is 10.0 Å². The molecule has 146 valence electrons. The SMILES string of the molecule is Cc1cc(C)c(NS(=O)(=O)c2csc(C(=O)Nc3ccccc3C)c2)c(C)c1. The first kappa shape index (κ1) is 20.1. The number of hydrogen-bond donors (Lipinski definition) is 2. The van der Waals surface area contributed by atoms with E-state index in [0.29, 0.717) is 16.3 Å². The highest BCUT2D eigenvalue weighted by Crippen LogP contribution is 2.27. The lowest BCUT2D eigenvalue weighted by Gasteiger charge is -2.13. The van der Waals surface area contributed by atoms with Gasteiger partial charge in [-0.1, -0.05) is 35.9 Å². The third-order valence-corrected chi connectivity index (χ3v) is 6.82. The van der Waals surface area contributed by atoms with Crippen molar-refractivity contribution >= 4 is 38.6 Å². The number of hydrogen-bond acceptors (Lipinski definition) is 4. The van der Waals surface area contributed by atoms with Crippen molar-refractivity contribution in [2.45, 2.75) is 32.6 Å². The molecule has 28 heavy (non-hydrogen) atoms. The minimum Gasteiger partial charge on any atom is -0.321 e. The number of sulfonamides is 1. The summed E-state index contributed by atoms with van der Waals surface area (Å²) in [5.41, 5.74) is 5.00. The van der Waals surface area contributed by atoms with Crippen LogP contribution in [0.15, 0.2) is 52.7 Å². The highest BCUT2D eigenvalue weighted by Gasteiger charge is 2.21. The first-order chi connectivity index (χ1) is 13.2. The Hall–Kier alpha value is -2.64. The summed E-state index contributed by atoms with van der Waals surface area (Å²) in [6.45, 7) is 7.60. The van der Waals surface area contributed by atoms with E-state index in [1.54, 1.807) is 0 Å². The summed E-state index contributed by atoms with van der Waals surface area (Å²) in [4.78, 5) is 12.9. The lowest BCUT2D eigenvalue weighted by atomic mass is 10.1. The van der Waals surface area contributed by atoms with Gasteiger partial charge in [-0.25, -0.2) is 8.42 Å². The topological polar surface area (TPSA) is 75.3 Å². The highest BCUT2D eigenvalue weighted by molar-refractivity contribution is 7.92. The predicted octanol–water partition coefficient (Wildman–Crippen LogP) is 5.03. The van der Waals surface area contributed by atoms with E-state index in [1.165, 1.54) is 11.4 Å². The smallest absolute Gasteiger partial charge is 0.265 e. The van der Waals surface area contributed by atoms with Crippen LogP contribution in [0.2, 0.25) is 0 Å². The lowest BCUT2D eigenvalue weighted by molar-refractivity contribution is 0.103. The van der Waals surface area contributed by atoms with Gasteiger partial charge in [0.1, 0.15) is 0 Å². The van der Waals surface area contributed by atoms with Gasteiger partial charge in [-0.3, -0.25) is 9.52 Å². The number of anilines is 2. The van der Waals surface area contributed by atoms with Gasteiger partial charge in [-0.15, -0.1) is 11.3 Å². The third kappa shape index (κ3) is 4.26. The Morgan fingerprint density at radius 1 is 0.929 bits per heavy atom. The highest BCUT2D eigenvalue weighted by atomic mass is 32.2. The zero-order valence-electron chi connectivity index (χ0n) is 16.2. The Labute approximate surface area is 169 Å². The van der Waals surface area contributed by atoms with E-state index in [0.717, 1.165) is 33.6 Å². The van der Waals surface area contributed by atoms with Crippen LogP contribution in [-0.2, 0) is 10.0 Å². The number of carbonyl (C=O) groups excluding carboxylic acids is 1. The molecule has 0 saturated heterocycles. The van der Waals surface area contributed by atoms with Gasteiger partial charge < -0.3 is 5.32 Å². The Morgan fingerprint density at radius 2 is 1.57 bits per heavy atom. The maximum absolute atomic E-state index is 12.8. The van der Waals surface area contributed by atoms with Gasteiger partial charge in [0.25, 0.3) is 15.9 Å². The van der Waals surface area contributed by atoms with E-state index in [-0.39, 0.29) is 10.8 Å². The van der Waals surface area contributed by atoms with Gasteiger partial charge in [0.2, 0.25) is 0 Å². The Bertz CT molecular complexity index is 1120. The second kappa shape index (κ2) is 7.77. The van der Waals surface area contributed by atoms with Crippen molar-refractivity contribution in [1.82, 2.24) is 0 Å². The Morgan fingerprint density at radius 3 is 2.21 bits per heavy atom. The van der Waals surface area contributed by atoms with Gasteiger partial charge >= 0.3 is 0 Å². The zero-order valence-corrected chi connectivity index (χ0v) is 17.8. The van der Waals surface area contributed by atoms with Gasteiger partial charge in [0.05, 0.1) is 15.5 Å². The van der Waals surface area contributed by atoms with E-state index >= 15 is 0 Å². The fourth-order valence-electron chi connectivity index (χ4n) is 3.01. The third-order valence-electron chi connectivity index (χ3n) is 4.42. The number of benzene rings is 2. The summed E-state index contributed by atoms with van der Waals surface area (Å²) in [6.07, 6.45) is 0. The number of aryl methyl sites for hydroxylation is 4. The summed E-state index contributed by atoms with van der Waals surface area (Å²) < 4.78 is 28.3. The fourth-order valence-corrected chi connectivity index (χ4v) is 5.38. The maximum Gasteiger partial charge on any atom is 0.265 e. The molecule has 0 radical (unpaired) electrons. The molecule has 3 rings (SSSR count). The van der Waals surface area contributed by atoms with Gasteiger partial charge in [-0.2, -0.15) is 0 Å². The Balaban J connectivity index is 1.83. The molecule has 0 aliphatic carbocycles. The summed E-state index contributed by atoms with van der Waals surface area (Å²) in [5, 5.41) is 4.30. The molecule has 1 heterocycles. The summed E-state index contributed by atoms with van der Waals surface area (Å²) >= 11 is 1.10. The number of thiophene rings is 1. The van der Waals surface area contributed by atoms with E-state index in [4.69, 9.17) is 0 Å². The summed E-state index contributed by atoms with van der Waals surface area (Å²) in [7, 11) is -3.78. The standard InChI is InChI=1S/C21H22N2O3S2/c1-13-9-15(3)20(16(4)10-13)23-28(25,26)17-11-19(27-12-17)21(24)22-18-8-6-5-7-14(18)2/h5-12,23H,1-4H3,(H,22,24). The molecule has 1 aromatic heterocycles. The van der Waals surface area contributed by atoms with E-state index < -0.39 is 10.0 Å². The molecule has 0 atom stereocenters. The molecule has 0 saturated carbocycles. The molecule has 0 aliphatic rings. The van der Waals surface area contributed by atoms with Crippen LogP contribution in [0.25, 0.3) is 0 Å². The molecule has 0 spiro atoms. The Kier molecular flexibility index (Phi) is 5.58. The van der Waals surface area contributed by atoms with Crippen molar-refractivity contribution in [3.63, 3.8) is 0 Å². The predicted molar refractivity (Wildman–Crippen MR) is 115 cm³/mol. The molecule has 0 unspecified atom stereocenters. The molecular formula is C21H22N2O3S2. The van der Waals surface area contributed by atoms with E-state index in [9.17, 15) is 13.2 Å². The van der Waals surface area contributed by atoms with Crippen LogP contribution >= 0.6 is 11.3 Å². The number of rotatable bonds is 5. The fraction of sp³-hybridized carbons (Fsp3) is 0.190. The number of amides is 1. The largest absolute Gasteiger partial charge is 0.321 e. The van der Waals surface area contributed by atoms with Crippen LogP contribution in [0.1, 0.15) is 31.9 Å². The molecule has 3 aromatic rings. The van der Waals surface area contributed by atoms with Crippen molar-refractivity contribution in [2.24, 2.45) is 0 Å². The number of para-hydroxylation sites is 1. The van der Waals surface area contributed by atoms with Crippen molar-refractivity contribution in [1.29, 1.82) is 0 Å². The summed E-state index contributed by atoms with van der Waals surface area (Å²) in [6, 6.07) is 12.7. The number of carbonyl (C=O) groups is 1. The van der Waals surface area contributed by atoms with Crippen LogP contribution in [0.4, 0.5) is 11.4 Å². The van der Waals surface area contributed by atoms with Crippen LogP contribution in [0, 0.1) is 27.7 Å². The molecule has 0 aliphatic heterocycles. The maximum atomic E-state index is 12.8. The minimum absolute atomic E-state index is 0.0757. The second-order valence-electron chi connectivity index (χ2n) is 6.79. The van der Waals surface area contributed by atoms with Crippen molar-refractivity contribution in [2.75, 3.05) is 10.0 Å². The zero-order chi connectivity index (χ0) is 20.5. The second-order valence-corrected chi connectivity index (χ2v) is 9.39. The van der Waals surface area contributed by atoms with Crippen LogP contribution in [0.5, 0.6) is 0 Å². The average molecular weight is 415 g/mol. The van der Waals surface area contributed by atoms with Crippen LogP contribution in [0.3, 0.4) is 0 Å². The normalized spacial score (nSPS) is 11.3. The van der Waals surface area contributed by atoms with Crippen LogP contribution < -0.4 is 10.0 Å². The molecule has 5 nitrogen and oxygen atoms in total. The molecule has 1 amide bonds. The first-order valence-corrected chi connectivity index (χ1v) is 11.1. The average Bonchev–Trinajstić information content (AvgIpc) is 3.11. The molecule has 2 aromatic carbocycles. The monoisotopic (exact) mass is 414 g/mol. The van der Waals surface area contributed by atoms with Gasteiger partial charge in [0, 0.05) is 11.1 Å². The quantitative estimate of drug-likeness (QED) is 0.614. The number of nitrogens with one attached hydrogen (secondary N) is 2. The first-order valence-electron chi connectivity index (χ1n) is 8.73. The molecule has 0 fully saturated rings. The van der Waals surface area contributed by atoms with Gasteiger partial charge in [0.15, 0.2) is 0 Å². The van der Waals surface area contributed by atoms with E-state index in [1.807, 2.05) is 64.1 Å². The van der Waals surface area contributed by atoms with Crippen molar-refractivity contribution < 1.29 is 13.2 Å². The van der Waals surface area contributed by atoms with Crippen LogP contribution in [-0.4, -0.2) is 14.3 Å². The molecule has 2 N–H and O–H groups in total. The molecule has 7 heteroatoms. The van der Waals surface area contributed by atoms with Gasteiger partial charge in [-0.05, 0) is 56.5 Å². The minimum atomic E-state index is -3.78. The molecular weight excluding hydrogens is 392 g/mol. The lowest BCUT2D eigenvalue weighted by Crippen LogP contribution is -2.15.